The highest BCUT2D eigenvalue weighted by Gasteiger charge is 2.40. The Balaban J connectivity index is 1.21. The zero-order chi connectivity index (χ0) is 101. The van der Waals surface area contributed by atoms with Gasteiger partial charge < -0.3 is 131 Å². The number of carboxylic acid groups (broad SMARTS) is 3. The largest absolute Gasteiger partial charge is 0.481 e. The molecule has 14 atom stereocenters. The zero-order valence-corrected chi connectivity index (χ0v) is 77.2. The number of carbonyl (C=O) groups is 18. The van der Waals surface area contributed by atoms with E-state index in [1.807, 2.05) is 31.1 Å². The second kappa shape index (κ2) is 56.1. The van der Waals surface area contributed by atoms with E-state index in [1.54, 1.807) is 57.2 Å². The summed E-state index contributed by atoms with van der Waals surface area (Å²) in [5, 5.41) is 108. The van der Waals surface area contributed by atoms with E-state index < -0.39 is 278 Å². The number of anilines is 2. The van der Waals surface area contributed by atoms with Gasteiger partial charge in [0, 0.05) is 86.0 Å². The quantitative estimate of drug-likeness (QED) is 0.0102. The van der Waals surface area contributed by atoms with Crippen LogP contribution in [-0.2, 0) is 98.0 Å². The number of aromatic amines is 1. The Bertz CT molecular complexity index is 5130. The minimum atomic E-state index is -4.58. The number of aromatic nitrogens is 2. The van der Waals surface area contributed by atoms with Crippen molar-refractivity contribution in [1.82, 2.24) is 89.7 Å². The summed E-state index contributed by atoms with van der Waals surface area (Å²) < 4.78 is 33.7. The number of H-pyrrole nitrogens is 1. The summed E-state index contributed by atoms with van der Waals surface area (Å²) in [4.78, 5) is 252. The Morgan fingerprint density at radius 2 is 0.919 bits per heavy atom. The maximum absolute atomic E-state index is 14.6. The molecule has 26 N–H and O–H groups in total. The monoisotopic (exact) mass is 1930 g/mol. The number of benzene rings is 4. The van der Waals surface area contributed by atoms with E-state index in [1.165, 1.54) is 69.7 Å². The number of aliphatic carboxylic acids is 3. The van der Waals surface area contributed by atoms with Crippen LogP contribution in [0.4, 0.5) is 22.7 Å². The number of hydrogen-bond donors (Lipinski definition) is 25. The number of nitrogens with two attached hydrogens (primary N) is 1. The Kier molecular flexibility index (Phi) is 46.3. The van der Waals surface area contributed by atoms with Gasteiger partial charge >= 0.3 is 17.9 Å². The van der Waals surface area contributed by atoms with Gasteiger partial charge in [-0.15, -0.1) is 0 Å². The number of amides is 15. The third-order valence-corrected chi connectivity index (χ3v) is 22.3. The third-order valence-electron chi connectivity index (χ3n) is 21.4. The van der Waals surface area contributed by atoms with Crippen molar-refractivity contribution in [1.29, 1.82) is 0 Å². The fourth-order valence-corrected chi connectivity index (χ4v) is 13.9. The number of imidazole rings is 1. The van der Waals surface area contributed by atoms with Gasteiger partial charge in [0.25, 0.3) is 16.0 Å². The number of carbonyl (C=O) groups excluding carboxylic acids is 15. The van der Waals surface area contributed by atoms with E-state index in [2.05, 4.69) is 105 Å². The summed E-state index contributed by atoms with van der Waals surface area (Å²) in [5.74, 6) is -23.1. The molecule has 744 valence electrons. The first-order valence-electron chi connectivity index (χ1n) is 43.5. The maximum atomic E-state index is 14.6. The topological polar surface area (TPSA) is 758 Å². The molecule has 136 heavy (non-hydrogen) atoms. The van der Waals surface area contributed by atoms with Crippen molar-refractivity contribution in [3.8, 4) is 0 Å². The summed E-state index contributed by atoms with van der Waals surface area (Å²) in [6.45, 7) is 5.49. The molecule has 5 aromatic rings. The van der Waals surface area contributed by atoms with Crippen molar-refractivity contribution < 1.29 is 130 Å². The van der Waals surface area contributed by atoms with Gasteiger partial charge in [0.1, 0.15) is 83.9 Å². The predicted octanol–water partition coefficient (Wildman–Crippen LogP) is -3.50. The van der Waals surface area contributed by atoms with Crippen molar-refractivity contribution in [2.45, 2.75) is 196 Å². The Hall–Kier alpha value is -14.2. The Morgan fingerprint density at radius 1 is 0.456 bits per heavy atom. The number of nitrogens with one attached hydrogen (secondary N) is 17. The highest BCUT2D eigenvalue weighted by molar-refractivity contribution is 7.86. The van der Waals surface area contributed by atoms with Crippen LogP contribution in [0.15, 0.2) is 113 Å². The highest BCUT2D eigenvalue weighted by atomic mass is 32.2. The fraction of sp³-hybridized carbons (Fsp3) is 0.500. The maximum Gasteiger partial charge on any atom is 0.322 e. The van der Waals surface area contributed by atoms with Crippen molar-refractivity contribution in [3.63, 3.8) is 0 Å². The van der Waals surface area contributed by atoms with Crippen LogP contribution in [0.25, 0.3) is 10.8 Å². The summed E-state index contributed by atoms with van der Waals surface area (Å²) in [7, 11) is -0.790. The first-order valence-corrected chi connectivity index (χ1v) is 44.9. The molecule has 1 heterocycles. The number of rotatable bonds is 59. The van der Waals surface area contributed by atoms with E-state index in [-0.39, 0.29) is 66.9 Å². The normalized spacial score (nSPS) is 14.4. The second-order valence-electron chi connectivity index (χ2n) is 32.3. The lowest BCUT2D eigenvalue weighted by molar-refractivity contribution is -0.142. The number of aliphatic hydroxyl groups is 3. The molecule has 15 amide bonds. The minimum Gasteiger partial charge on any atom is -0.481 e. The number of fused-ring (bicyclic) bond motifs is 1. The molecule has 0 aliphatic heterocycles. The van der Waals surface area contributed by atoms with E-state index in [0.717, 1.165) is 12.6 Å². The molecule has 0 aliphatic carbocycles. The number of carboxylic acids is 3. The van der Waals surface area contributed by atoms with Crippen molar-refractivity contribution in [3.05, 3.63) is 109 Å². The smallest absolute Gasteiger partial charge is 0.322 e. The molecule has 0 saturated heterocycles. The van der Waals surface area contributed by atoms with Crippen LogP contribution in [0.3, 0.4) is 0 Å². The Morgan fingerprint density at radius 3 is 1.46 bits per heavy atom. The van der Waals surface area contributed by atoms with Gasteiger partial charge in [-0.05, 0) is 124 Å². The van der Waals surface area contributed by atoms with Gasteiger partial charge in [-0.2, -0.15) is 18.6 Å². The number of nitrogens with zero attached hydrogens (tertiary/aromatic N) is 4. The Labute approximate surface area is 782 Å². The minimum absolute atomic E-state index is 0.0355. The van der Waals surface area contributed by atoms with Gasteiger partial charge in [0.05, 0.1) is 50.5 Å². The fourth-order valence-electron chi connectivity index (χ4n) is 13.2. The van der Waals surface area contributed by atoms with Crippen LogP contribution in [0, 0.1) is 17.8 Å². The first kappa shape index (κ1) is 112. The molecular formula is C86H122N22O27S. The lowest BCUT2D eigenvalue weighted by atomic mass is 9.95. The molecule has 0 radical (unpaired) electrons. The summed E-state index contributed by atoms with van der Waals surface area (Å²) >= 11 is 0. The van der Waals surface area contributed by atoms with Gasteiger partial charge in [-0.25, -0.2) is 4.98 Å². The molecule has 0 spiro atoms. The average molecular weight is 1930 g/mol. The van der Waals surface area contributed by atoms with Crippen molar-refractivity contribution in [2.24, 2.45) is 33.7 Å². The molecule has 1 aromatic heterocycles. The molecule has 0 aliphatic rings. The average Bonchev–Trinajstić information content (AvgIpc) is 0.793. The van der Waals surface area contributed by atoms with E-state index in [4.69, 9.17) is 5.73 Å². The molecule has 49 nitrogen and oxygen atoms in total. The molecular weight excluding hydrogens is 1810 g/mol. The molecule has 4 aromatic carbocycles. The molecule has 0 saturated carbocycles. The first-order chi connectivity index (χ1) is 64.4. The highest BCUT2D eigenvalue weighted by Crippen LogP contribution is 2.29. The van der Waals surface area contributed by atoms with Crippen LogP contribution < -0.4 is 95.7 Å². The number of unbranched alkanes of at least 4 members (excludes halogenated alkanes) is 1. The SMILES string of the molecule is CC[C@H](C)[C@H](NC(=O)c1ccc(N=Nc2ccc(N(C)C)cc2)cc1)C(=O)N[C@@H](CO)C(=O)NCC(=O)N[C@@H](C)C(=O)N[C@@H](CO)C(=O)N[C@@H](CCC(=O)O)C(=O)N[C@@H](CCCCN)C(=O)N[C@@H](CC(=O)O)C(=O)N[C@H](C(=O)N[C@H](C(=O)N[C@@H](Cc1cnc[nH]1)C(=O)N[C@@H](CO)C(=O)N[C@@H](CCC(=O)NCCNc1cccc2c(S(=O)(=O)O)cccc12)C(=O)NCC(=O)O)C(C)C)[C@@H](C)CC. The number of aliphatic hydroxyl groups excluding tert-OH is 3. The van der Waals surface area contributed by atoms with E-state index in [9.17, 15) is 130 Å². The molecule has 0 bridgehead atoms. The van der Waals surface area contributed by atoms with Crippen LogP contribution in [0.2, 0.25) is 0 Å². The van der Waals surface area contributed by atoms with Gasteiger partial charge in [0.2, 0.25) is 82.7 Å². The van der Waals surface area contributed by atoms with Crippen LogP contribution >= 0.6 is 0 Å². The molecule has 0 fully saturated rings. The summed E-state index contributed by atoms with van der Waals surface area (Å²) in [5.41, 5.74) is 8.53. The lowest BCUT2D eigenvalue weighted by Gasteiger charge is -2.30. The predicted molar refractivity (Wildman–Crippen MR) is 487 cm³/mol. The molecule has 50 heteroatoms. The van der Waals surface area contributed by atoms with Gasteiger partial charge in [-0.3, -0.25) is 90.9 Å². The third kappa shape index (κ3) is 37.0. The summed E-state index contributed by atoms with van der Waals surface area (Å²) in [6, 6.07) is 1.55. The van der Waals surface area contributed by atoms with Crippen LogP contribution in [-0.4, -0.2) is 299 Å². The summed E-state index contributed by atoms with van der Waals surface area (Å²) in [6.07, 6.45) is -1.18. The lowest BCUT2D eigenvalue weighted by Crippen LogP contribution is -2.62. The number of azo groups is 1. The standard InChI is InChI=1S/C86H122N22O27S/c1-10-46(5)72(104-75(121)49-21-23-50(24-22-49)106-107-51-25-27-53(28-26-51)108(8)9)85(131)102-62(41-109)77(123)91-39-67(113)94-48(7)74(120)100-63(42-110)82(128)97-59(30-32-68(114)115)79(125)95-57(18-12-13-33-87)78(124)98-61(37-69(116)117)81(127)105-73(47(6)11-2)86(132)103-71(45(3)4)84(130)99-60(36-52-38-88-44-93-52)80(126)101-64(43-111)83(129)96-58(76(122)92-40-70(118)119)29-31-66(112)90-35-34-89-56-19-14-17-55-54(56)16-15-20-65(55)136(133,134)135/h14-17,19-28,38,44-48,57-64,71-73,89,109-111H,10-13,18,29-37,39-43,87H2,1-9H3,(H,88,93)(H,90,112)(H,91,123)(H,92,122)(H,94,113)(H,95,125)(H,96,129)(H,97,128)(H,98,124)(H,99,130)(H,100,120)(H,101,126)(H,102,131)(H,103,132)(H,104,121)(H,105,127)(H,114,115)(H,116,117)(H,118,119)(H,133,134,135)/t46-,47-,48-,57-,58-,59-,60-,61-,62-,63-,64-,71-,72-,73-/m0/s1. The van der Waals surface area contributed by atoms with E-state index >= 15 is 0 Å². The van der Waals surface area contributed by atoms with Crippen molar-refractivity contribution >= 4 is 150 Å². The van der Waals surface area contributed by atoms with Crippen molar-refractivity contribution in [2.75, 3.05) is 76.9 Å². The van der Waals surface area contributed by atoms with Crippen LogP contribution in [0.5, 0.6) is 0 Å². The van der Waals surface area contributed by atoms with Gasteiger partial charge in [-0.1, -0.05) is 78.6 Å². The zero-order valence-electron chi connectivity index (χ0n) is 76.4. The number of hydrogen-bond acceptors (Lipinski definition) is 29. The molecule has 0 unspecified atom stereocenters. The van der Waals surface area contributed by atoms with Crippen LogP contribution in [0.1, 0.15) is 129 Å². The second-order valence-corrected chi connectivity index (χ2v) is 33.7. The molecule has 5 rings (SSSR count). The van der Waals surface area contributed by atoms with E-state index in [0.29, 0.717) is 28.9 Å². The van der Waals surface area contributed by atoms with Gasteiger partial charge in [0.15, 0.2) is 0 Å².